The molecule has 1 amide bonds. The normalized spacial score (nSPS) is 23.7. The summed E-state index contributed by atoms with van der Waals surface area (Å²) in [6.07, 6.45) is 4.89. The van der Waals surface area contributed by atoms with E-state index in [-0.39, 0.29) is 6.04 Å². The van der Waals surface area contributed by atoms with E-state index in [1.165, 1.54) is 5.56 Å². The van der Waals surface area contributed by atoms with Gasteiger partial charge in [0, 0.05) is 31.4 Å². The Morgan fingerprint density at radius 2 is 2.16 bits per heavy atom. The molecule has 5 heteroatoms. The van der Waals surface area contributed by atoms with Gasteiger partial charge in [0.15, 0.2) is 0 Å². The van der Waals surface area contributed by atoms with E-state index in [1.807, 2.05) is 17.2 Å². The SMILES string of the molecule is O=CN1CCCC1c1cccnc1N1CCOCC1. The molecule has 2 fully saturated rings. The summed E-state index contributed by atoms with van der Waals surface area (Å²) in [7, 11) is 0. The number of likely N-dealkylation sites (tertiary alicyclic amines) is 1. The minimum atomic E-state index is 0.184. The molecule has 19 heavy (non-hydrogen) atoms. The second-order valence-corrected chi connectivity index (χ2v) is 5.02. The van der Waals surface area contributed by atoms with Crippen LogP contribution in [0, 0.1) is 0 Å². The Labute approximate surface area is 113 Å². The number of morpholine rings is 1. The molecule has 0 N–H and O–H groups in total. The first-order chi connectivity index (χ1) is 9.40. The Hall–Kier alpha value is -1.62. The molecule has 0 saturated carbocycles. The maximum Gasteiger partial charge on any atom is 0.210 e. The van der Waals surface area contributed by atoms with Crippen molar-refractivity contribution in [1.29, 1.82) is 0 Å². The number of anilines is 1. The predicted octanol–water partition coefficient (Wildman–Crippen LogP) is 1.21. The fraction of sp³-hybridized carbons (Fsp3) is 0.571. The topological polar surface area (TPSA) is 45.7 Å². The summed E-state index contributed by atoms with van der Waals surface area (Å²) >= 11 is 0. The number of amides is 1. The van der Waals surface area contributed by atoms with Gasteiger partial charge in [-0.3, -0.25) is 4.79 Å². The first-order valence-corrected chi connectivity index (χ1v) is 6.89. The van der Waals surface area contributed by atoms with Crippen LogP contribution in [0.3, 0.4) is 0 Å². The van der Waals surface area contributed by atoms with E-state index in [2.05, 4.69) is 16.0 Å². The third-order valence-corrected chi connectivity index (χ3v) is 3.92. The number of aromatic nitrogens is 1. The van der Waals surface area contributed by atoms with Crippen molar-refractivity contribution < 1.29 is 9.53 Å². The smallest absolute Gasteiger partial charge is 0.210 e. The third kappa shape index (κ3) is 2.42. The molecule has 0 aliphatic carbocycles. The lowest BCUT2D eigenvalue weighted by Crippen LogP contribution is -2.38. The van der Waals surface area contributed by atoms with Gasteiger partial charge in [-0.15, -0.1) is 0 Å². The fourth-order valence-electron chi connectivity index (χ4n) is 2.96. The van der Waals surface area contributed by atoms with Crippen molar-refractivity contribution in [3.8, 4) is 0 Å². The highest BCUT2D eigenvalue weighted by Crippen LogP contribution is 2.35. The summed E-state index contributed by atoms with van der Waals surface area (Å²) in [6.45, 7) is 4.09. The zero-order valence-electron chi connectivity index (χ0n) is 11.0. The van der Waals surface area contributed by atoms with Crippen LogP contribution in [0.5, 0.6) is 0 Å². The average Bonchev–Trinajstić information content (AvgIpc) is 2.96. The van der Waals surface area contributed by atoms with Crippen LogP contribution in [0.4, 0.5) is 5.82 Å². The standard InChI is InChI=1S/C14H19N3O2/c18-11-17-6-2-4-13(17)12-3-1-5-15-14(12)16-7-9-19-10-8-16/h1,3,5,11,13H,2,4,6-10H2. The second kappa shape index (κ2) is 5.57. The highest BCUT2D eigenvalue weighted by atomic mass is 16.5. The van der Waals surface area contributed by atoms with Crippen molar-refractivity contribution in [1.82, 2.24) is 9.88 Å². The summed E-state index contributed by atoms with van der Waals surface area (Å²) in [4.78, 5) is 19.8. The van der Waals surface area contributed by atoms with Crippen molar-refractivity contribution in [3.63, 3.8) is 0 Å². The maximum atomic E-state index is 11.2. The molecule has 3 rings (SSSR count). The van der Waals surface area contributed by atoms with Crippen LogP contribution in [-0.4, -0.2) is 49.1 Å². The predicted molar refractivity (Wildman–Crippen MR) is 72.0 cm³/mol. The average molecular weight is 261 g/mol. The Balaban J connectivity index is 1.90. The number of pyridine rings is 1. The van der Waals surface area contributed by atoms with Gasteiger partial charge in [0.1, 0.15) is 5.82 Å². The van der Waals surface area contributed by atoms with Crippen LogP contribution in [-0.2, 0) is 9.53 Å². The fourth-order valence-corrected chi connectivity index (χ4v) is 2.96. The molecule has 5 nitrogen and oxygen atoms in total. The van der Waals surface area contributed by atoms with Crippen molar-refractivity contribution in [3.05, 3.63) is 23.9 Å². The molecule has 1 unspecified atom stereocenters. The first kappa shape index (κ1) is 12.4. The third-order valence-electron chi connectivity index (χ3n) is 3.92. The van der Waals surface area contributed by atoms with Gasteiger partial charge in [-0.2, -0.15) is 0 Å². The molecule has 0 radical (unpaired) electrons. The molecule has 1 aromatic rings. The van der Waals surface area contributed by atoms with Gasteiger partial charge in [-0.25, -0.2) is 4.98 Å². The zero-order chi connectivity index (χ0) is 13.1. The molecule has 0 bridgehead atoms. The number of carbonyl (C=O) groups is 1. The Bertz CT molecular complexity index is 446. The van der Waals surface area contributed by atoms with Gasteiger partial charge in [0.05, 0.1) is 19.3 Å². The zero-order valence-corrected chi connectivity index (χ0v) is 11.0. The Morgan fingerprint density at radius 1 is 1.32 bits per heavy atom. The minimum Gasteiger partial charge on any atom is -0.378 e. The summed E-state index contributed by atoms with van der Waals surface area (Å²) in [5.74, 6) is 1.02. The number of hydrogen-bond donors (Lipinski definition) is 0. The van der Waals surface area contributed by atoms with Crippen molar-refractivity contribution in [2.75, 3.05) is 37.7 Å². The number of nitrogens with zero attached hydrogens (tertiary/aromatic N) is 3. The molecule has 2 saturated heterocycles. The van der Waals surface area contributed by atoms with Gasteiger partial charge in [-0.1, -0.05) is 6.07 Å². The van der Waals surface area contributed by atoms with E-state index >= 15 is 0 Å². The lowest BCUT2D eigenvalue weighted by Gasteiger charge is -2.31. The van der Waals surface area contributed by atoms with E-state index < -0.39 is 0 Å². The van der Waals surface area contributed by atoms with Crippen LogP contribution < -0.4 is 4.90 Å². The number of ether oxygens (including phenoxy) is 1. The van der Waals surface area contributed by atoms with E-state index in [0.29, 0.717) is 0 Å². The van der Waals surface area contributed by atoms with Gasteiger partial charge in [0.25, 0.3) is 0 Å². The molecule has 0 spiro atoms. The largest absolute Gasteiger partial charge is 0.378 e. The van der Waals surface area contributed by atoms with E-state index in [1.54, 1.807) is 0 Å². The molecule has 3 heterocycles. The van der Waals surface area contributed by atoms with Gasteiger partial charge >= 0.3 is 0 Å². The Kier molecular flexibility index (Phi) is 3.64. The lowest BCUT2D eigenvalue weighted by atomic mass is 10.0. The van der Waals surface area contributed by atoms with E-state index in [0.717, 1.165) is 57.9 Å². The van der Waals surface area contributed by atoms with E-state index in [9.17, 15) is 4.79 Å². The number of carbonyl (C=O) groups excluding carboxylic acids is 1. The molecular weight excluding hydrogens is 242 g/mol. The second-order valence-electron chi connectivity index (χ2n) is 5.02. The lowest BCUT2D eigenvalue weighted by molar-refractivity contribution is -0.118. The molecule has 1 aromatic heterocycles. The number of rotatable bonds is 3. The first-order valence-electron chi connectivity index (χ1n) is 6.89. The van der Waals surface area contributed by atoms with Crippen molar-refractivity contribution >= 4 is 12.2 Å². The summed E-state index contributed by atoms with van der Waals surface area (Å²) in [6, 6.07) is 4.24. The maximum absolute atomic E-state index is 11.2. The highest BCUT2D eigenvalue weighted by molar-refractivity contribution is 5.54. The van der Waals surface area contributed by atoms with Gasteiger partial charge in [-0.05, 0) is 18.9 Å². The summed E-state index contributed by atoms with van der Waals surface area (Å²) in [5, 5.41) is 0. The van der Waals surface area contributed by atoms with Crippen LogP contribution >= 0.6 is 0 Å². The molecule has 1 atom stereocenters. The van der Waals surface area contributed by atoms with Gasteiger partial charge < -0.3 is 14.5 Å². The van der Waals surface area contributed by atoms with Crippen LogP contribution in [0.1, 0.15) is 24.4 Å². The summed E-state index contributed by atoms with van der Waals surface area (Å²) in [5.41, 5.74) is 1.18. The van der Waals surface area contributed by atoms with Crippen molar-refractivity contribution in [2.45, 2.75) is 18.9 Å². The quantitative estimate of drug-likeness (QED) is 0.767. The molecule has 2 aliphatic rings. The van der Waals surface area contributed by atoms with Crippen LogP contribution in [0.2, 0.25) is 0 Å². The van der Waals surface area contributed by atoms with Crippen molar-refractivity contribution in [2.24, 2.45) is 0 Å². The van der Waals surface area contributed by atoms with Gasteiger partial charge in [0.2, 0.25) is 6.41 Å². The Morgan fingerprint density at radius 3 is 2.95 bits per heavy atom. The monoisotopic (exact) mass is 261 g/mol. The van der Waals surface area contributed by atoms with E-state index in [4.69, 9.17) is 4.74 Å². The minimum absolute atomic E-state index is 0.184. The van der Waals surface area contributed by atoms with Crippen LogP contribution in [0.15, 0.2) is 18.3 Å². The number of hydrogen-bond acceptors (Lipinski definition) is 4. The molecule has 102 valence electrons. The van der Waals surface area contributed by atoms with Crippen LogP contribution in [0.25, 0.3) is 0 Å². The molecular formula is C14H19N3O2. The highest BCUT2D eigenvalue weighted by Gasteiger charge is 2.28. The molecule has 2 aliphatic heterocycles. The summed E-state index contributed by atoms with van der Waals surface area (Å²) < 4.78 is 5.39. The molecule has 0 aromatic carbocycles.